The van der Waals surface area contributed by atoms with Gasteiger partial charge in [-0.05, 0) is 36.6 Å². The molecule has 2 rings (SSSR count). The summed E-state index contributed by atoms with van der Waals surface area (Å²) in [5, 5.41) is 2.79. The third-order valence-corrected chi connectivity index (χ3v) is 2.97. The highest BCUT2D eigenvalue weighted by molar-refractivity contribution is 5.96. The zero-order chi connectivity index (χ0) is 13.0. The van der Waals surface area contributed by atoms with Gasteiger partial charge in [-0.3, -0.25) is 4.79 Å². The van der Waals surface area contributed by atoms with Crippen LogP contribution in [0.5, 0.6) is 0 Å². The summed E-state index contributed by atoms with van der Waals surface area (Å²) in [6.07, 6.45) is 3.04. The second-order valence-corrected chi connectivity index (χ2v) is 4.41. The second kappa shape index (κ2) is 5.67. The Kier molecular flexibility index (Phi) is 3.97. The van der Waals surface area contributed by atoms with Crippen molar-refractivity contribution in [1.82, 2.24) is 0 Å². The van der Waals surface area contributed by atoms with Crippen LogP contribution in [0.1, 0.15) is 42.1 Å². The van der Waals surface area contributed by atoms with Crippen molar-refractivity contribution in [3.05, 3.63) is 29.3 Å². The van der Waals surface area contributed by atoms with Crippen LogP contribution < -0.4 is 5.32 Å². The molecular formula is C14H17NO3. The lowest BCUT2D eigenvalue weighted by Gasteiger charge is -2.17. The molecule has 0 unspecified atom stereocenters. The number of ether oxygens (including phenoxy) is 1. The molecule has 4 heteroatoms. The Balaban J connectivity index is 2.06. The summed E-state index contributed by atoms with van der Waals surface area (Å²) >= 11 is 0. The fourth-order valence-electron chi connectivity index (χ4n) is 1.90. The van der Waals surface area contributed by atoms with Crippen molar-refractivity contribution in [3.63, 3.8) is 0 Å². The molecule has 0 atom stereocenters. The highest BCUT2D eigenvalue weighted by Gasteiger charge is 2.16. The van der Waals surface area contributed by atoms with Gasteiger partial charge in [-0.2, -0.15) is 0 Å². The zero-order valence-corrected chi connectivity index (χ0v) is 10.5. The van der Waals surface area contributed by atoms with Crippen LogP contribution in [0.2, 0.25) is 0 Å². The van der Waals surface area contributed by atoms with Gasteiger partial charge in [-0.15, -0.1) is 0 Å². The normalized spacial score (nSPS) is 13.7. The van der Waals surface area contributed by atoms with Gasteiger partial charge in [0, 0.05) is 12.1 Å². The molecule has 1 aliphatic rings. The van der Waals surface area contributed by atoms with Crippen LogP contribution in [-0.4, -0.2) is 18.5 Å². The molecule has 1 amide bonds. The van der Waals surface area contributed by atoms with Crippen LogP contribution in [0.3, 0.4) is 0 Å². The molecule has 0 bridgehead atoms. The summed E-state index contributed by atoms with van der Waals surface area (Å²) < 4.78 is 5.15. The Bertz CT molecular complexity index is 468. The molecule has 1 aromatic rings. The third-order valence-electron chi connectivity index (χ3n) is 2.97. The molecule has 1 heterocycles. The highest BCUT2D eigenvalue weighted by atomic mass is 16.5. The van der Waals surface area contributed by atoms with E-state index in [4.69, 9.17) is 4.74 Å². The maximum Gasteiger partial charge on any atom is 0.338 e. The summed E-state index contributed by atoms with van der Waals surface area (Å²) in [5.41, 5.74) is 2.36. The number of nitrogens with one attached hydrogen (secondary N) is 1. The molecule has 1 N–H and O–H groups in total. The molecule has 0 saturated heterocycles. The number of amides is 1. The summed E-state index contributed by atoms with van der Waals surface area (Å²) in [5.74, 6) is -0.260. The van der Waals surface area contributed by atoms with E-state index in [9.17, 15) is 9.59 Å². The molecule has 18 heavy (non-hydrogen) atoms. The third kappa shape index (κ3) is 2.88. The van der Waals surface area contributed by atoms with Crippen LogP contribution in [0.25, 0.3) is 0 Å². The summed E-state index contributed by atoms with van der Waals surface area (Å²) in [6, 6.07) is 5.27. The first-order valence-corrected chi connectivity index (χ1v) is 6.30. The van der Waals surface area contributed by atoms with Gasteiger partial charge in [-0.1, -0.05) is 13.3 Å². The van der Waals surface area contributed by atoms with E-state index in [0.29, 0.717) is 25.0 Å². The minimum Gasteiger partial charge on any atom is -0.462 e. The van der Waals surface area contributed by atoms with Gasteiger partial charge >= 0.3 is 5.97 Å². The number of aryl methyl sites for hydroxylation is 1. The maximum atomic E-state index is 11.8. The Hall–Kier alpha value is -1.84. The van der Waals surface area contributed by atoms with Crippen LogP contribution in [-0.2, 0) is 16.0 Å². The lowest BCUT2D eigenvalue weighted by molar-refractivity contribution is -0.116. The standard InChI is InChI=1S/C14H17NO3/c1-2-3-8-18-14(17)11-4-6-12-10(9-11)5-7-13(16)15-12/h4,6,9H,2-3,5,7-8H2,1H3,(H,15,16). The number of benzene rings is 1. The summed E-state index contributed by atoms with van der Waals surface area (Å²) in [6.45, 7) is 2.51. The van der Waals surface area contributed by atoms with Crippen molar-refractivity contribution in [1.29, 1.82) is 0 Å². The number of carbonyl (C=O) groups is 2. The van der Waals surface area contributed by atoms with E-state index in [2.05, 4.69) is 12.2 Å². The fourth-order valence-corrected chi connectivity index (χ4v) is 1.90. The Morgan fingerprint density at radius 2 is 2.22 bits per heavy atom. The second-order valence-electron chi connectivity index (χ2n) is 4.41. The average Bonchev–Trinajstić information content (AvgIpc) is 2.38. The minimum atomic E-state index is -0.289. The molecule has 0 aromatic heterocycles. The summed E-state index contributed by atoms with van der Waals surface area (Å²) in [4.78, 5) is 23.0. The number of hydrogen-bond donors (Lipinski definition) is 1. The van der Waals surface area contributed by atoms with Crippen LogP contribution in [0, 0.1) is 0 Å². The van der Waals surface area contributed by atoms with E-state index < -0.39 is 0 Å². The number of unbranched alkanes of at least 4 members (excludes halogenated alkanes) is 1. The smallest absolute Gasteiger partial charge is 0.338 e. The summed E-state index contributed by atoms with van der Waals surface area (Å²) in [7, 11) is 0. The van der Waals surface area contributed by atoms with Crippen molar-refractivity contribution in [2.24, 2.45) is 0 Å². The van der Waals surface area contributed by atoms with Gasteiger partial charge in [0.2, 0.25) is 5.91 Å². The SMILES string of the molecule is CCCCOC(=O)c1ccc2c(c1)CCC(=O)N2. The molecule has 96 valence electrons. The van der Waals surface area contributed by atoms with E-state index in [0.717, 1.165) is 24.1 Å². The van der Waals surface area contributed by atoms with Crippen molar-refractivity contribution in [3.8, 4) is 0 Å². The van der Waals surface area contributed by atoms with Gasteiger partial charge in [0.15, 0.2) is 0 Å². The van der Waals surface area contributed by atoms with E-state index >= 15 is 0 Å². The molecule has 0 radical (unpaired) electrons. The van der Waals surface area contributed by atoms with Gasteiger partial charge in [-0.25, -0.2) is 4.79 Å². The van der Waals surface area contributed by atoms with Crippen molar-refractivity contribution < 1.29 is 14.3 Å². The fraction of sp³-hybridized carbons (Fsp3) is 0.429. The molecule has 0 aliphatic carbocycles. The molecule has 1 aliphatic heterocycles. The molecule has 0 fully saturated rings. The minimum absolute atomic E-state index is 0.0285. The van der Waals surface area contributed by atoms with E-state index in [1.165, 1.54) is 0 Å². The molecule has 0 spiro atoms. The van der Waals surface area contributed by atoms with Crippen molar-refractivity contribution in [2.45, 2.75) is 32.6 Å². The molecule has 4 nitrogen and oxygen atoms in total. The topological polar surface area (TPSA) is 55.4 Å². The van der Waals surface area contributed by atoms with Gasteiger partial charge in [0.25, 0.3) is 0 Å². The Labute approximate surface area is 106 Å². The molecule has 0 saturated carbocycles. The van der Waals surface area contributed by atoms with Gasteiger partial charge < -0.3 is 10.1 Å². The number of rotatable bonds is 4. The quantitative estimate of drug-likeness (QED) is 0.657. The predicted octanol–water partition coefficient (Wildman–Crippen LogP) is 2.53. The Morgan fingerprint density at radius 3 is 3.00 bits per heavy atom. The number of carbonyl (C=O) groups excluding carboxylic acids is 2. The first-order valence-electron chi connectivity index (χ1n) is 6.30. The van der Waals surface area contributed by atoms with E-state index in [-0.39, 0.29) is 11.9 Å². The largest absolute Gasteiger partial charge is 0.462 e. The molecule has 1 aromatic carbocycles. The Morgan fingerprint density at radius 1 is 1.39 bits per heavy atom. The highest BCUT2D eigenvalue weighted by Crippen LogP contribution is 2.23. The average molecular weight is 247 g/mol. The number of anilines is 1. The number of esters is 1. The lowest BCUT2D eigenvalue weighted by Crippen LogP contribution is -2.19. The molecular weight excluding hydrogens is 230 g/mol. The lowest BCUT2D eigenvalue weighted by atomic mass is 10.0. The van der Waals surface area contributed by atoms with Crippen molar-refractivity contribution >= 4 is 17.6 Å². The maximum absolute atomic E-state index is 11.8. The first-order chi connectivity index (χ1) is 8.70. The monoisotopic (exact) mass is 247 g/mol. The van der Waals surface area contributed by atoms with Crippen molar-refractivity contribution in [2.75, 3.05) is 11.9 Å². The first kappa shape index (κ1) is 12.6. The van der Waals surface area contributed by atoms with Crippen LogP contribution in [0.15, 0.2) is 18.2 Å². The predicted molar refractivity (Wildman–Crippen MR) is 68.6 cm³/mol. The number of hydrogen-bond acceptors (Lipinski definition) is 3. The van der Waals surface area contributed by atoms with Gasteiger partial charge in [0.1, 0.15) is 0 Å². The van der Waals surface area contributed by atoms with Crippen LogP contribution >= 0.6 is 0 Å². The zero-order valence-electron chi connectivity index (χ0n) is 10.5. The van der Waals surface area contributed by atoms with Crippen LogP contribution in [0.4, 0.5) is 5.69 Å². The van der Waals surface area contributed by atoms with Gasteiger partial charge in [0.05, 0.1) is 12.2 Å². The van der Waals surface area contributed by atoms with E-state index in [1.54, 1.807) is 12.1 Å². The van der Waals surface area contributed by atoms with E-state index in [1.807, 2.05) is 6.07 Å². The number of fused-ring (bicyclic) bond motifs is 1.